The third-order valence-electron chi connectivity index (χ3n) is 8.02. The minimum Gasteiger partial charge on any atom is -0.492 e. The fourth-order valence-electron chi connectivity index (χ4n) is 5.83. The third-order valence-corrected chi connectivity index (χ3v) is 9.22. The Morgan fingerprint density at radius 3 is 1.83 bits per heavy atom. The van der Waals surface area contributed by atoms with E-state index in [0.717, 1.165) is 54.9 Å². The number of nitrogens with zero attached hydrogens (tertiary/aromatic N) is 2. The van der Waals surface area contributed by atoms with Crippen LogP contribution in [0.2, 0.25) is 0 Å². The molecule has 0 atom stereocenters. The van der Waals surface area contributed by atoms with Gasteiger partial charge in [-0.3, -0.25) is 9.80 Å². The predicted octanol–water partition coefficient (Wildman–Crippen LogP) is 8.05. The topological polar surface area (TPSA) is 46.2 Å². The number of ether oxygens (including phenoxy) is 3. The highest BCUT2D eigenvalue weighted by molar-refractivity contribution is 7.23. The van der Waals surface area contributed by atoms with E-state index in [2.05, 4.69) is 95.7 Å². The molecule has 3 heterocycles. The summed E-state index contributed by atoms with van der Waals surface area (Å²) in [6, 6.07) is 23.2. The van der Waals surface area contributed by atoms with Gasteiger partial charge in [-0.15, -0.1) is 11.3 Å². The van der Waals surface area contributed by atoms with Crippen LogP contribution in [0.1, 0.15) is 39.5 Å². The molecule has 0 bridgehead atoms. The van der Waals surface area contributed by atoms with Crippen molar-refractivity contribution in [2.24, 2.45) is 0 Å². The minimum absolute atomic E-state index is 0.133. The van der Waals surface area contributed by atoms with Gasteiger partial charge in [-0.2, -0.15) is 0 Å². The maximum Gasteiger partial charge on any atom is 0.121 e. The number of nitrogens with one attached hydrogen (secondary N) is 1. The maximum atomic E-state index is 6.08. The van der Waals surface area contributed by atoms with Crippen molar-refractivity contribution in [1.29, 1.82) is 0 Å². The van der Waals surface area contributed by atoms with Gasteiger partial charge in [0.05, 0.1) is 16.7 Å². The molecule has 222 valence electrons. The lowest BCUT2D eigenvalue weighted by Crippen LogP contribution is -2.25. The second kappa shape index (κ2) is 13.8. The molecule has 6 rings (SSSR count). The van der Waals surface area contributed by atoms with Crippen LogP contribution in [0.3, 0.4) is 0 Å². The molecule has 0 aliphatic carbocycles. The van der Waals surface area contributed by atoms with Crippen molar-refractivity contribution in [2.75, 3.05) is 57.8 Å². The zero-order valence-electron chi connectivity index (χ0n) is 24.9. The largest absolute Gasteiger partial charge is 0.492 e. The first-order chi connectivity index (χ1) is 20.6. The molecule has 2 aliphatic rings. The fraction of sp³-hybridized carbons (Fsp3) is 0.429. The summed E-state index contributed by atoms with van der Waals surface area (Å²) >= 11 is 1.78. The van der Waals surface area contributed by atoms with Crippen LogP contribution in [-0.4, -0.2) is 68.4 Å². The summed E-state index contributed by atoms with van der Waals surface area (Å²) in [4.78, 5) is 6.15. The number of anilines is 2. The maximum absolute atomic E-state index is 6.08. The van der Waals surface area contributed by atoms with Crippen molar-refractivity contribution >= 4 is 32.8 Å². The van der Waals surface area contributed by atoms with E-state index in [1.54, 1.807) is 11.3 Å². The first-order valence-corrected chi connectivity index (χ1v) is 16.3. The second-order valence-corrected chi connectivity index (χ2v) is 12.7. The molecule has 6 nitrogen and oxygen atoms in total. The van der Waals surface area contributed by atoms with Gasteiger partial charge in [-0.25, -0.2) is 0 Å². The van der Waals surface area contributed by atoms with Gasteiger partial charge < -0.3 is 19.5 Å². The van der Waals surface area contributed by atoms with Crippen molar-refractivity contribution in [3.05, 3.63) is 66.7 Å². The number of hydrogen-bond donors (Lipinski definition) is 1. The molecule has 2 fully saturated rings. The summed E-state index contributed by atoms with van der Waals surface area (Å²) in [5.74, 6) is 2.72. The summed E-state index contributed by atoms with van der Waals surface area (Å²) in [7, 11) is 0. The highest BCUT2D eigenvalue weighted by atomic mass is 32.1. The number of hydrogen-bond acceptors (Lipinski definition) is 7. The van der Waals surface area contributed by atoms with Crippen LogP contribution < -0.4 is 19.5 Å². The predicted molar refractivity (Wildman–Crippen MR) is 175 cm³/mol. The Bertz CT molecular complexity index is 1420. The molecule has 7 heteroatoms. The van der Waals surface area contributed by atoms with Crippen molar-refractivity contribution < 1.29 is 14.2 Å². The number of likely N-dealkylation sites (tertiary alicyclic amines) is 2. The van der Waals surface area contributed by atoms with E-state index in [4.69, 9.17) is 14.2 Å². The van der Waals surface area contributed by atoms with E-state index < -0.39 is 0 Å². The Morgan fingerprint density at radius 1 is 0.714 bits per heavy atom. The van der Waals surface area contributed by atoms with Crippen LogP contribution in [-0.2, 0) is 0 Å². The van der Waals surface area contributed by atoms with E-state index in [9.17, 15) is 0 Å². The summed E-state index contributed by atoms with van der Waals surface area (Å²) < 4.78 is 19.3. The molecular formula is C35H43N3O3S. The normalized spacial score (nSPS) is 16.0. The van der Waals surface area contributed by atoms with Crippen LogP contribution >= 0.6 is 11.3 Å². The molecule has 4 aromatic rings. The highest BCUT2D eigenvalue weighted by Crippen LogP contribution is 2.45. The highest BCUT2D eigenvalue weighted by Gasteiger charge is 2.17. The summed E-state index contributed by atoms with van der Waals surface area (Å²) in [5.41, 5.74) is 3.31. The Kier molecular flexibility index (Phi) is 9.48. The fourth-order valence-corrected chi connectivity index (χ4v) is 7.02. The molecule has 3 aromatic carbocycles. The zero-order chi connectivity index (χ0) is 28.7. The monoisotopic (exact) mass is 585 g/mol. The Hall–Kier alpha value is -3.26. The molecule has 42 heavy (non-hydrogen) atoms. The SMILES string of the molecule is CC(C)Oc1ccc2c(Nc3ccc(OCCN4CCCC4)cc3)c(-c3ccc(OCCN4CCCC4)cc3)sc2c1. The van der Waals surface area contributed by atoms with Gasteiger partial charge in [0.15, 0.2) is 0 Å². The summed E-state index contributed by atoms with van der Waals surface area (Å²) in [5, 5.41) is 4.91. The Morgan fingerprint density at radius 2 is 1.26 bits per heavy atom. The average molecular weight is 586 g/mol. The third kappa shape index (κ3) is 7.38. The standard InChI is InChI=1S/C35H43N3O3S/c1-26(2)41-31-15-16-32-33(25-31)42-35(27-7-11-29(12-8-27)39-23-21-37-17-3-4-18-37)34(32)36-28-9-13-30(14-10-28)40-24-22-38-19-5-6-20-38/h7-16,25-26,36H,3-6,17-24H2,1-2H3. The minimum atomic E-state index is 0.133. The summed E-state index contributed by atoms with van der Waals surface area (Å²) in [6.07, 6.45) is 5.36. The lowest BCUT2D eigenvalue weighted by molar-refractivity contribution is 0.237. The molecule has 0 spiro atoms. The summed E-state index contributed by atoms with van der Waals surface area (Å²) in [6.45, 7) is 12.4. The van der Waals surface area contributed by atoms with Gasteiger partial charge in [0.2, 0.25) is 0 Å². The molecule has 1 aromatic heterocycles. The molecule has 2 saturated heterocycles. The van der Waals surface area contributed by atoms with Crippen LogP contribution in [0.15, 0.2) is 66.7 Å². The van der Waals surface area contributed by atoms with E-state index in [1.165, 1.54) is 72.4 Å². The van der Waals surface area contributed by atoms with Crippen LogP contribution in [0.4, 0.5) is 11.4 Å². The molecule has 0 unspecified atom stereocenters. The Labute approximate surface area is 254 Å². The molecular weight excluding hydrogens is 542 g/mol. The van der Waals surface area contributed by atoms with Crippen molar-refractivity contribution in [3.8, 4) is 27.7 Å². The van der Waals surface area contributed by atoms with Crippen LogP contribution in [0.5, 0.6) is 17.2 Å². The van der Waals surface area contributed by atoms with Gasteiger partial charge in [0.25, 0.3) is 0 Å². The second-order valence-electron chi connectivity index (χ2n) is 11.6. The van der Waals surface area contributed by atoms with Crippen molar-refractivity contribution in [2.45, 2.75) is 45.6 Å². The quantitative estimate of drug-likeness (QED) is 0.171. The van der Waals surface area contributed by atoms with E-state index in [-0.39, 0.29) is 6.10 Å². The first-order valence-electron chi connectivity index (χ1n) is 15.5. The number of rotatable bonds is 13. The first kappa shape index (κ1) is 28.8. The van der Waals surface area contributed by atoms with Gasteiger partial charge in [-0.05, 0) is 138 Å². The Balaban J connectivity index is 1.18. The molecule has 1 N–H and O–H groups in total. The van der Waals surface area contributed by atoms with Crippen molar-refractivity contribution in [1.82, 2.24) is 9.80 Å². The lowest BCUT2D eigenvalue weighted by atomic mass is 10.1. The number of benzene rings is 3. The van der Waals surface area contributed by atoms with Gasteiger partial charge in [0.1, 0.15) is 30.5 Å². The number of fused-ring (bicyclic) bond motifs is 1. The zero-order valence-corrected chi connectivity index (χ0v) is 25.8. The molecule has 2 aliphatic heterocycles. The average Bonchev–Trinajstić information content (AvgIpc) is 3.77. The van der Waals surface area contributed by atoms with E-state index >= 15 is 0 Å². The van der Waals surface area contributed by atoms with Gasteiger partial charge in [0, 0.05) is 28.9 Å². The molecule has 0 saturated carbocycles. The molecule has 0 amide bonds. The lowest BCUT2D eigenvalue weighted by Gasteiger charge is -2.15. The van der Waals surface area contributed by atoms with Crippen LogP contribution in [0.25, 0.3) is 20.5 Å². The van der Waals surface area contributed by atoms with Gasteiger partial charge >= 0.3 is 0 Å². The molecule has 0 radical (unpaired) electrons. The smallest absolute Gasteiger partial charge is 0.121 e. The number of thiophene rings is 1. The van der Waals surface area contributed by atoms with Gasteiger partial charge in [-0.1, -0.05) is 0 Å². The van der Waals surface area contributed by atoms with E-state index in [1.807, 2.05) is 0 Å². The van der Waals surface area contributed by atoms with Crippen molar-refractivity contribution in [3.63, 3.8) is 0 Å². The van der Waals surface area contributed by atoms with Crippen LogP contribution in [0, 0.1) is 0 Å². The van der Waals surface area contributed by atoms with E-state index in [0.29, 0.717) is 0 Å².